The zero-order valence-electron chi connectivity index (χ0n) is 7.21. The second-order valence-electron chi connectivity index (χ2n) is 2.91. The average molecular weight is 200 g/mol. The van der Waals surface area contributed by atoms with Crippen LogP contribution in [0.1, 0.15) is 11.6 Å². The van der Waals surface area contributed by atoms with Crippen LogP contribution in [0.25, 0.3) is 0 Å². The second-order valence-corrected chi connectivity index (χ2v) is 3.32. The van der Waals surface area contributed by atoms with Gasteiger partial charge in [-0.25, -0.2) is 0 Å². The number of halogens is 1. The Balaban J connectivity index is 2.60. The molecule has 1 heterocycles. The van der Waals surface area contributed by atoms with Crippen molar-refractivity contribution in [2.45, 2.75) is 6.04 Å². The lowest BCUT2D eigenvalue weighted by molar-refractivity contribution is 0.333. The smallest absolute Gasteiger partial charge is 0.146 e. The van der Waals surface area contributed by atoms with E-state index in [4.69, 9.17) is 26.8 Å². The fourth-order valence-corrected chi connectivity index (χ4v) is 1.71. The van der Waals surface area contributed by atoms with Crippen molar-refractivity contribution in [3.8, 4) is 11.5 Å². The molecule has 3 nitrogen and oxygen atoms in total. The van der Waals surface area contributed by atoms with Gasteiger partial charge in [-0.05, 0) is 12.1 Å². The highest BCUT2D eigenvalue weighted by atomic mass is 35.5. The molecule has 2 N–H and O–H groups in total. The third-order valence-electron chi connectivity index (χ3n) is 2.11. The Morgan fingerprint density at radius 2 is 2.38 bits per heavy atom. The molecule has 1 aromatic carbocycles. The van der Waals surface area contributed by atoms with Gasteiger partial charge in [0, 0.05) is 0 Å². The van der Waals surface area contributed by atoms with Crippen molar-refractivity contribution in [3.05, 3.63) is 22.7 Å². The molecule has 0 fully saturated rings. The lowest BCUT2D eigenvalue weighted by Crippen LogP contribution is -2.11. The first-order valence-corrected chi connectivity index (χ1v) is 4.36. The van der Waals surface area contributed by atoms with Crippen LogP contribution in [0.4, 0.5) is 0 Å². The van der Waals surface area contributed by atoms with Gasteiger partial charge in [0.2, 0.25) is 0 Å². The minimum atomic E-state index is -0.136. The molecule has 1 unspecified atom stereocenters. The highest BCUT2D eigenvalue weighted by Gasteiger charge is 2.26. The fraction of sp³-hybridized carbons (Fsp3) is 0.333. The highest BCUT2D eigenvalue weighted by Crippen LogP contribution is 2.42. The zero-order chi connectivity index (χ0) is 9.42. The van der Waals surface area contributed by atoms with Crippen LogP contribution in [-0.4, -0.2) is 13.7 Å². The SMILES string of the molecule is COc1ccc(Cl)c2c1C(N)CO2. The van der Waals surface area contributed by atoms with Gasteiger partial charge in [0.1, 0.15) is 18.1 Å². The quantitative estimate of drug-likeness (QED) is 0.750. The molecular formula is C9H10ClNO2. The summed E-state index contributed by atoms with van der Waals surface area (Å²) in [6.45, 7) is 0.468. The number of methoxy groups -OCH3 is 1. The first-order chi connectivity index (χ1) is 6.24. The van der Waals surface area contributed by atoms with Crippen LogP contribution in [0.15, 0.2) is 12.1 Å². The Morgan fingerprint density at radius 1 is 1.62 bits per heavy atom. The van der Waals surface area contributed by atoms with Crippen molar-refractivity contribution >= 4 is 11.6 Å². The van der Waals surface area contributed by atoms with Crippen LogP contribution in [0.5, 0.6) is 11.5 Å². The topological polar surface area (TPSA) is 44.5 Å². The second kappa shape index (κ2) is 3.09. The van der Waals surface area contributed by atoms with Crippen LogP contribution in [-0.2, 0) is 0 Å². The number of fused-ring (bicyclic) bond motifs is 1. The normalized spacial score (nSPS) is 19.5. The molecule has 1 aliphatic heterocycles. The van der Waals surface area contributed by atoms with E-state index in [0.717, 1.165) is 11.3 Å². The maximum Gasteiger partial charge on any atom is 0.146 e. The molecular weight excluding hydrogens is 190 g/mol. The first-order valence-electron chi connectivity index (χ1n) is 3.99. The van der Waals surface area contributed by atoms with Gasteiger partial charge in [-0.15, -0.1) is 0 Å². The standard InChI is InChI=1S/C9H10ClNO2/c1-12-7-3-2-5(10)9-8(7)6(11)4-13-9/h2-3,6H,4,11H2,1H3. The van der Waals surface area contributed by atoms with Gasteiger partial charge in [0.15, 0.2) is 0 Å². The fourth-order valence-electron chi connectivity index (χ4n) is 1.49. The molecule has 4 heteroatoms. The molecule has 0 aliphatic carbocycles. The van der Waals surface area contributed by atoms with Crippen molar-refractivity contribution < 1.29 is 9.47 Å². The molecule has 0 radical (unpaired) electrons. The van der Waals surface area contributed by atoms with E-state index in [1.165, 1.54) is 0 Å². The maximum absolute atomic E-state index is 5.93. The van der Waals surface area contributed by atoms with Crippen molar-refractivity contribution in [2.24, 2.45) is 5.73 Å². The van der Waals surface area contributed by atoms with Gasteiger partial charge in [0.25, 0.3) is 0 Å². The monoisotopic (exact) mass is 199 g/mol. The number of nitrogens with two attached hydrogens (primary N) is 1. The molecule has 1 aromatic rings. The predicted octanol–water partition coefficient (Wildman–Crippen LogP) is 1.74. The average Bonchev–Trinajstić information content (AvgIpc) is 2.51. The Hall–Kier alpha value is -0.930. The largest absolute Gasteiger partial charge is 0.496 e. The summed E-state index contributed by atoms with van der Waals surface area (Å²) >= 11 is 5.93. The molecule has 1 aliphatic rings. The van der Waals surface area contributed by atoms with Gasteiger partial charge in [-0.3, -0.25) is 0 Å². The van der Waals surface area contributed by atoms with Crippen molar-refractivity contribution in [1.29, 1.82) is 0 Å². The van der Waals surface area contributed by atoms with E-state index in [2.05, 4.69) is 0 Å². The summed E-state index contributed by atoms with van der Waals surface area (Å²) in [5.74, 6) is 1.40. The van der Waals surface area contributed by atoms with E-state index in [1.54, 1.807) is 19.2 Å². The molecule has 0 saturated carbocycles. The summed E-state index contributed by atoms with van der Waals surface area (Å²) in [6.07, 6.45) is 0. The lowest BCUT2D eigenvalue weighted by atomic mass is 10.1. The van der Waals surface area contributed by atoms with E-state index in [-0.39, 0.29) is 6.04 Å². The van der Waals surface area contributed by atoms with Gasteiger partial charge >= 0.3 is 0 Å². The van der Waals surface area contributed by atoms with Crippen LogP contribution in [0.2, 0.25) is 5.02 Å². The summed E-state index contributed by atoms with van der Waals surface area (Å²) < 4.78 is 10.5. The van der Waals surface area contributed by atoms with Gasteiger partial charge in [-0.2, -0.15) is 0 Å². The van der Waals surface area contributed by atoms with E-state index >= 15 is 0 Å². The van der Waals surface area contributed by atoms with Crippen LogP contribution < -0.4 is 15.2 Å². The lowest BCUT2D eigenvalue weighted by Gasteiger charge is -2.08. The number of ether oxygens (including phenoxy) is 2. The van der Waals surface area contributed by atoms with E-state index in [1.807, 2.05) is 0 Å². The van der Waals surface area contributed by atoms with Gasteiger partial charge in [-0.1, -0.05) is 11.6 Å². The minimum Gasteiger partial charge on any atom is -0.496 e. The van der Waals surface area contributed by atoms with Gasteiger partial charge < -0.3 is 15.2 Å². The number of benzene rings is 1. The Bertz CT molecular complexity index is 341. The van der Waals surface area contributed by atoms with E-state index in [9.17, 15) is 0 Å². The number of hydrogen-bond acceptors (Lipinski definition) is 3. The number of rotatable bonds is 1. The summed E-state index contributed by atoms with van der Waals surface area (Å²) in [4.78, 5) is 0. The van der Waals surface area contributed by atoms with Crippen LogP contribution >= 0.6 is 11.6 Å². The van der Waals surface area contributed by atoms with Crippen LogP contribution in [0, 0.1) is 0 Å². The summed E-state index contributed by atoms with van der Waals surface area (Å²) in [5.41, 5.74) is 6.70. The van der Waals surface area contributed by atoms with Crippen LogP contribution in [0.3, 0.4) is 0 Å². The summed E-state index contributed by atoms with van der Waals surface area (Å²) in [5, 5.41) is 0.587. The molecule has 0 amide bonds. The van der Waals surface area contributed by atoms with Gasteiger partial charge in [0.05, 0.1) is 23.7 Å². The minimum absolute atomic E-state index is 0.136. The molecule has 0 spiro atoms. The van der Waals surface area contributed by atoms with E-state index in [0.29, 0.717) is 17.4 Å². The van der Waals surface area contributed by atoms with E-state index < -0.39 is 0 Å². The molecule has 0 saturated heterocycles. The van der Waals surface area contributed by atoms with Crippen molar-refractivity contribution in [2.75, 3.05) is 13.7 Å². The molecule has 13 heavy (non-hydrogen) atoms. The predicted molar refractivity (Wildman–Crippen MR) is 50.4 cm³/mol. The maximum atomic E-state index is 5.93. The third kappa shape index (κ3) is 1.24. The Labute approximate surface area is 81.4 Å². The third-order valence-corrected chi connectivity index (χ3v) is 2.40. The number of hydrogen-bond donors (Lipinski definition) is 1. The molecule has 0 bridgehead atoms. The summed E-state index contributed by atoms with van der Waals surface area (Å²) in [7, 11) is 1.61. The molecule has 0 aromatic heterocycles. The Kier molecular flexibility index (Phi) is 2.06. The first kappa shape index (κ1) is 8.66. The van der Waals surface area contributed by atoms with Crippen molar-refractivity contribution in [1.82, 2.24) is 0 Å². The molecule has 2 rings (SSSR count). The Morgan fingerprint density at radius 3 is 3.08 bits per heavy atom. The molecule has 1 atom stereocenters. The zero-order valence-corrected chi connectivity index (χ0v) is 7.97. The van der Waals surface area contributed by atoms with Crippen molar-refractivity contribution in [3.63, 3.8) is 0 Å². The summed E-state index contributed by atoms with van der Waals surface area (Å²) in [6, 6.07) is 3.41. The highest BCUT2D eigenvalue weighted by molar-refractivity contribution is 6.32. The molecule has 70 valence electrons.